The molecule has 0 bridgehead atoms. The van der Waals surface area contributed by atoms with Crippen LogP contribution in [0.5, 0.6) is 0 Å². The van der Waals surface area contributed by atoms with Crippen LogP contribution in [0.1, 0.15) is 53.4 Å². The van der Waals surface area contributed by atoms with Crippen LogP contribution in [0.4, 0.5) is 0 Å². The summed E-state index contributed by atoms with van der Waals surface area (Å²) in [7, 11) is 0. The first-order chi connectivity index (χ1) is 15.1. The third kappa shape index (κ3) is 4.48. The van der Waals surface area contributed by atoms with E-state index in [0.29, 0.717) is 22.7 Å². The van der Waals surface area contributed by atoms with Crippen LogP contribution < -0.4 is 0 Å². The minimum absolute atomic E-state index is 0.0281. The lowest BCUT2D eigenvalue weighted by atomic mass is 9.86. The van der Waals surface area contributed by atoms with Crippen molar-refractivity contribution in [3.8, 4) is 11.8 Å². The Bertz CT molecular complexity index is 1080. The topological polar surface area (TPSA) is 87.7 Å². The maximum Gasteiger partial charge on any atom is 0.256 e. The van der Waals surface area contributed by atoms with Crippen molar-refractivity contribution < 1.29 is 4.79 Å². The van der Waals surface area contributed by atoms with E-state index < -0.39 is 0 Å². The predicted molar refractivity (Wildman–Crippen MR) is 117 cm³/mol. The van der Waals surface area contributed by atoms with E-state index in [-0.39, 0.29) is 11.9 Å². The highest BCUT2D eigenvalue weighted by atomic mass is 16.2. The molecule has 1 aliphatic rings. The fraction of sp³-hybridized carbons (Fsp3) is 0.375. The minimum atomic E-state index is 0.0281. The zero-order valence-corrected chi connectivity index (χ0v) is 17.9. The van der Waals surface area contributed by atoms with Gasteiger partial charge in [-0.2, -0.15) is 20.3 Å². The van der Waals surface area contributed by atoms with Crippen LogP contribution in [0.25, 0.3) is 5.69 Å². The lowest BCUT2D eigenvalue weighted by Gasteiger charge is -2.40. The van der Waals surface area contributed by atoms with Crippen LogP contribution in [0.2, 0.25) is 0 Å². The van der Waals surface area contributed by atoms with Gasteiger partial charge in [-0.15, -0.1) is 0 Å². The molecule has 31 heavy (non-hydrogen) atoms. The van der Waals surface area contributed by atoms with Crippen LogP contribution in [0.15, 0.2) is 48.9 Å². The lowest BCUT2D eigenvalue weighted by molar-refractivity contribution is 0.0498. The minimum Gasteiger partial charge on any atom is -0.335 e. The smallest absolute Gasteiger partial charge is 0.256 e. The molecule has 2 aromatic heterocycles. The monoisotopic (exact) mass is 414 g/mol. The van der Waals surface area contributed by atoms with Crippen LogP contribution in [0, 0.1) is 24.2 Å². The number of amides is 1. The first kappa shape index (κ1) is 20.7. The SMILES string of the molecule is Cc1ccc(-n2nccn2)c(C(=O)N2CCC[C@@H](C)C2CCc2ccc(C#N)cn2)c1. The number of likely N-dealkylation sites (tertiary alicyclic amines) is 1. The molecule has 0 spiro atoms. The second kappa shape index (κ2) is 9.09. The van der Waals surface area contributed by atoms with Gasteiger partial charge < -0.3 is 4.90 Å². The zero-order valence-electron chi connectivity index (χ0n) is 17.9. The quantitative estimate of drug-likeness (QED) is 0.635. The molecular formula is C24H26N6O. The van der Waals surface area contributed by atoms with Gasteiger partial charge >= 0.3 is 0 Å². The number of aromatic nitrogens is 4. The van der Waals surface area contributed by atoms with E-state index in [2.05, 4.69) is 28.2 Å². The Balaban J connectivity index is 1.58. The lowest BCUT2D eigenvalue weighted by Crippen LogP contribution is -2.48. The van der Waals surface area contributed by atoms with Gasteiger partial charge in [0.25, 0.3) is 5.91 Å². The van der Waals surface area contributed by atoms with E-state index in [9.17, 15) is 4.79 Å². The van der Waals surface area contributed by atoms with Gasteiger partial charge in [0.2, 0.25) is 0 Å². The molecule has 1 amide bonds. The maximum absolute atomic E-state index is 13.7. The summed E-state index contributed by atoms with van der Waals surface area (Å²) in [6.45, 7) is 4.96. The Hall–Kier alpha value is -3.53. The van der Waals surface area contributed by atoms with E-state index >= 15 is 0 Å². The summed E-state index contributed by atoms with van der Waals surface area (Å²) in [5.41, 5.74) is 3.87. The zero-order chi connectivity index (χ0) is 21.8. The van der Waals surface area contributed by atoms with E-state index in [4.69, 9.17) is 5.26 Å². The largest absolute Gasteiger partial charge is 0.335 e. The maximum atomic E-state index is 13.7. The summed E-state index contributed by atoms with van der Waals surface area (Å²) in [4.78, 5) is 21.7. The van der Waals surface area contributed by atoms with Crippen molar-refractivity contribution in [2.45, 2.75) is 45.6 Å². The van der Waals surface area contributed by atoms with Crippen molar-refractivity contribution in [3.63, 3.8) is 0 Å². The highest BCUT2D eigenvalue weighted by Gasteiger charge is 2.33. The average Bonchev–Trinajstić information content (AvgIpc) is 3.32. The van der Waals surface area contributed by atoms with Crippen molar-refractivity contribution in [2.24, 2.45) is 5.92 Å². The summed E-state index contributed by atoms with van der Waals surface area (Å²) in [6, 6.07) is 11.8. The molecule has 1 unspecified atom stereocenters. The number of carbonyl (C=O) groups excluding carboxylic acids is 1. The third-order valence-corrected chi connectivity index (χ3v) is 6.04. The average molecular weight is 415 g/mol. The standard InChI is InChI=1S/C24H26N6O/c1-17-5-9-23(30-27-11-12-28-30)21(14-17)24(31)29-13-3-4-18(2)22(29)10-8-20-7-6-19(15-25)16-26-20/h5-7,9,11-12,14,16,18,22H,3-4,8,10,13H2,1-2H3/t18-,22?/m1/s1. The molecule has 1 aromatic carbocycles. The number of carbonyl (C=O) groups is 1. The Morgan fingerprint density at radius 3 is 2.74 bits per heavy atom. The van der Waals surface area contributed by atoms with Gasteiger partial charge in [-0.05, 0) is 62.8 Å². The van der Waals surface area contributed by atoms with Crippen molar-refractivity contribution in [1.29, 1.82) is 5.26 Å². The number of aryl methyl sites for hydroxylation is 2. The van der Waals surface area contributed by atoms with Crippen molar-refractivity contribution in [3.05, 3.63) is 71.3 Å². The molecule has 7 heteroatoms. The highest BCUT2D eigenvalue weighted by Crippen LogP contribution is 2.29. The van der Waals surface area contributed by atoms with Gasteiger partial charge in [0, 0.05) is 24.5 Å². The molecule has 7 nitrogen and oxygen atoms in total. The third-order valence-electron chi connectivity index (χ3n) is 6.04. The van der Waals surface area contributed by atoms with E-state index in [1.54, 1.807) is 24.7 Å². The van der Waals surface area contributed by atoms with Crippen molar-refractivity contribution in [1.82, 2.24) is 24.9 Å². The molecule has 1 saturated heterocycles. The summed E-state index contributed by atoms with van der Waals surface area (Å²) >= 11 is 0. The Labute approximate surface area is 182 Å². The molecule has 3 aromatic rings. The number of nitrogens with zero attached hydrogens (tertiary/aromatic N) is 6. The molecule has 2 atom stereocenters. The van der Waals surface area contributed by atoms with Gasteiger partial charge in [-0.1, -0.05) is 18.6 Å². The normalized spacial score (nSPS) is 18.5. The van der Waals surface area contributed by atoms with Gasteiger partial charge in [0.15, 0.2) is 0 Å². The van der Waals surface area contributed by atoms with E-state index in [1.165, 1.54) is 4.80 Å². The molecule has 1 aliphatic heterocycles. The molecule has 1 fully saturated rings. The fourth-order valence-electron chi connectivity index (χ4n) is 4.37. The molecular weight excluding hydrogens is 388 g/mol. The predicted octanol–water partition coefficient (Wildman–Crippen LogP) is 3.72. The molecule has 0 saturated carbocycles. The number of hydrogen-bond acceptors (Lipinski definition) is 5. The number of rotatable bonds is 5. The first-order valence-electron chi connectivity index (χ1n) is 10.7. The molecule has 4 rings (SSSR count). The second-order valence-corrected chi connectivity index (χ2v) is 8.21. The fourth-order valence-corrected chi connectivity index (χ4v) is 4.37. The number of hydrogen-bond donors (Lipinski definition) is 0. The highest BCUT2D eigenvalue weighted by molar-refractivity contribution is 5.98. The van der Waals surface area contributed by atoms with E-state index in [1.807, 2.05) is 36.1 Å². The summed E-state index contributed by atoms with van der Waals surface area (Å²) in [5, 5.41) is 17.4. The van der Waals surface area contributed by atoms with Crippen LogP contribution in [-0.4, -0.2) is 43.4 Å². The number of nitriles is 1. The molecule has 158 valence electrons. The summed E-state index contributed by atoms with van der Waals surface area (Å²) in [6.07, 6.45) is 8.56. The second-order valence-electron chi connectivity index (χ2n) is 8.21. The Kier molecular flexibility index (Phi) is 6.08. The summed E-state index contributed by atoms with van der Waals surface area (Å²) in [5.74, 6) is 0.438. The number of benzene rings is 1. The van der Waals surface area contributed by atoms with E-state index in [0.717, 1.165) is 43.5 Å². The van der Waals surface area contributed by atoms with Gasteiger partial charge in [0.05, 0.1) is 29.2 Å². The Morgan fingerprint density at radius 2 is 2.03 bits per heavy atom. The van der Waals surface area contributed by atoms with Crippen molar-refractivity contribution >= 4 is 5.91 Å². The van der Waals surface area contributed by atoms with Crippen LogP contribution in [-0.2, 0) is 6.42 Å². The van der Waals surface area contributed by atoms with Crippen LogP contribution >= 0.6 is 0 Å². The summed E-state index contributed by atoms with van der Waals surface area (Å²) < 4.78 is 0. The molecule has 0 N–H and O–H groups in total. The first-order valence-corrected chi connectivity index (χ1v) is 10.7. The van der Waals surface area contributed by atoms with Gasteiger partial charge in [-0.25, -0.2) is 0 Å². The number of pyridine rings is 1. The van der Waals surface area contributed by atoms with Crippen molar-refractivity contribution in [2.75, 3.05) is 6.54 Å². The number of piperidine rings is 1. The van der Waals surface area contributed by atoms with Gasteiger partial charge in [-0.3, -0.25) is 9.78 Å². The van der Waals surface area contributed by atoms with Gasteiger partial charge in [0.1, 0.15) is 6.07 Å². The van der Waals surface area contributed by atoms with Crippen LogP contribution in [0.3, 0.4) is 0 Å². The molecule has 3 heterocycles. The molecule has 0 radical (unpaired) electrons. The Morgan fingerprint density at radius 1 is 1.23 bits per heavy atom. The molecule has 0 aliphatic carbocycles.